The van der Waals surface area contributed by atoms with Gasteiger partial charge in [-0.05, 0) is 12.1 Å². The van der Waals surface area contributed by atoms with Crippen LogP contribution in [0.2, 0.25) is 0 Å². The van der Waals surface area contributed by atoms with Crippen molar-refractivity contribution in [1.82, 2.24) is 9.88 Å². The number of nitrogens with zero attached hydrogens (tertiary/aromatic N) is 1. The molecule has 0 bridgehead atoms. The fourth-order valence-corrected chi connectivity index (χ4v) is 1.03. The van der Waals surface area contributed by atoms with Gasteiger partial charge in [0.15, 0.2) is 0 Å². The second-order valence-corrected chi connectivity index (χ2v) is 2.82. The maximum absolute atomic E-state index is 11.4. The second-order valence-electron chi connectivity index (χ2n) is 2.82. The molecular formula is C9H12N2O3. The molecule has 0 aromatic carbocycles. The van der Waals surface area contributed by atoms with E-state index in [-0.39, 0.29) is 24.3 Å². The Balaban J connectivity index is 2.91. The van der Waals surface area contributed by atoms with Gasteiger partial charge in [0.1, 0.15) is 5.56 Å². The van der Waals surface area contributed by atoms with Crippen molar-refractivity contribution in [3.63, 3.8) is 0 Å². The molecule has 0 aliphatic rings. The molecule has 1 rings (SSSR count). The van der Waals surface area contributed by atoms with Crippen LogP contribution in [-0.2, 0) is 7.05 Å². The van der Waals surface area contributed by atoms with Crippen molar-refractivity contribution in [3.05, 3.63) is 34.2 Å². The van der Waals surface area contributed by atoms with E-state index in [2.05, 4.69) is 5.32 Å². The second kappa shape index (κ2) is 4.57. The van der Waals surface area contributed by atoms with E-state index in [0.717, 1.165) is 0 Å². The van der Waals surface area contributed by atoms with Gasteiger partial charge >= 0.3 is 0 Å². The van der Waals surface area contributed by atoms with Crippen molar-refractivity contribution >= 4 is 5.91 Å². The minimum Gasteiger partial charge on any atom is -0.395 e. The number of nitrogens with one attached hydrogen (secondary N) is 1. The lowest BCUT2D eigenvalue weighted by Crippen LogP contribution is -2.33. The molecule has 0 aliphatic heterocycles. The zero-order chi connectivity index (χ0) is 10.6. The molecule has 0 atom stereocenters. The van der Waals surface area contributed by atoms with Crippen molar-refractivity contribution in [2.45, 2.75) is 0 Å². The third-order valence-corrected chi connectivity index (χ3v) is 1.77. The third kappa shape index (κ3) is 2.20. The van der Waals surface area contributed by atoms with Crippen LogP contribution in [0.4, 0.5) is 0 Å². The van der Waals surface area contributed by atoms with Crippen molar-refractivity contribution in [2.24, 2.45) is 7.05 Å². The molecule has 1 amide bonds. The Kier molecular flexibility index (Phi) is 3.41. The monoisotopic (exact) mass is 196 g/mol. The largest absolute Gasteiger partial charge is 0.395 e. The molecule has 0 spiro atoms. The Labute approximate surface area is 81.0 Å². The van der Waals surface area contributed by atoms with Gasteiger partial charge in [0.05, 0.1) is 6.61 Å². The molecule has 5 heteroatoms. The molecule has 1 aromatic heterocycles. The van der Waals surface area contributed by atoms with Gasteiger partial charge in [-0.3, -0.25) is 9.59 Å². The third-order valence-electron chi connectivity index (χ3n) is 1.77. The van der Waals surface area contributed by atoms with E-state index in [9.17, 15) is 9.59 Å². The number of amides is 1. The van der Waals surface area contributed by atoms with Gasteiger partial charge in [0, 0.05) is 19.8 Å². The van der Waals surface area contributed by atoms with Crippen LogP contribution >= 0.6 is 0 Å². The fraction of sp³-hybridized carbons (Fsp3) is 0.333. The van der Waals surface area contributed by atoms with E-state index < -0.39 is 5.91 Å². The molecule has 1 heterocycles. The summed E-state index contributed by atoms with van der Waals surface area (Å²) in [5.41, 5.74) is -0.258. The SMILES string of the molecule is Cn1cccc(C(=O)NCCO)c1=O. The van der Waals surface area contributed by atoms with Crippen LogP contribution in [0.1, 0.15) is 10.4 Å². The van der Waals surface area contributed by atoms with Crippen molar-refractivity contribution in [3.8, 4) is 0 Å². The standard InChI is InChI=1S/C9H12N2O3/c1-11-5-2-3-7(9(11)14)8(13)10-4-6-12/h2-3,5,12H,4,6H2,1H3,(H,10,13). The number of aromatic nitrogens is 1. The summed E-state index contributed by atoms with van der Waals surface area (Å²) >= 11 is 0. The predicted octanol–water partition coefficient (Wildman–Crippen LogP) is -0.893. The van der Waals surface area contributed by atoms with Gasteiger partial charge in [0.25, 0.3) is 11.5 Å². The van der Waals surface area contributed by atoms with Gasteiger partial charge in [-0.1, -0.05) is 0 Å². The van der Waals surface area contributed by atoms with Gasteiger partial charge in [-0.25, -0.2) is 0 Å². The van der Waals surface area contributed by atoms with Crippen molar-refractivity contribution in [1.29, 1.82) is 0 Å². The van der Waals surface area contributed by atoms with Crippen molar-refractivity contribution in [2.75, 3.05) is 13.2 Å². The maximum Gasteiger partial charge on any atom is 0.263 e. The van der Waals surface area contributed by atoms with Crippen LogP contribution < -0.4 is 10.9 Å². The summed E-state index contributed by atoms with van der Waals surface area (Å²) in [5, 5.41) is 10.9. The summed E-state index contributed by atoms with van der Waals surface area (Å²) in [6, 6.07) is 3.07. The summed E-state index contributed by atoms with van der Waals surface area (Å²) in [6.45, 7) is 0.00969. The van der Waals surface area contributed by atoms with E-state index >= 15 is 0 Å². The van der Waals surface area contributed by atoms with Gasteiger partial charge in [-0.2, -0.15) is 0 Å². The number of aliphatic hydroxyl groups is 1. The number of aliphatic hydroxyl groups excluding tert-OH is 1. The molecule has 76 valence electrons. The lowest BCUT2D eigenvalue weighted by Gasteiger charge is -2.03. The molecular weight excluding hydrogens is 184 g/mol. The Morgan fingerprint density at radius 3 is 3.00 bits per heavy atom. The Hall–Kier alpha value is -1.62. The van der Waals surface area contributed by atoms with Gasteiger partial charge in [-0.15, -0.1) is 0 Å². The fourth-order valence-electron chi connectivity index (χ4n) is 1.03. The number of hydrogen-bond acceptors (Lipinski definition) is 3. The first-order valence-corrected chi connectivity index (χ1v) is 4.21. The Morgan fingerprint density at radius 1 is 1.64 bits per heavy atom. The summed E-state index contributed by atoms with van der Waals surface area (Å²) in [5.74, 6) is -0.458. The van der Waals surface area contributed by atoms with Crippen LogP contribution in [0.5, 0.6) is 0 Å². The summed E-state index contributed by atoms with van der Waals surface area (Å²) in [7, 11) is 1.57. The molecule has 0 saturated heterocycles. The maximum atomic E-state index is 11.4. The van der Waals surface area contributed by atoms with Crippen LogP contribution in [0.3, 0.4) is 0 Å². The quantitative estimate of drug-likeness (QED) is 0.658. The highest BCUT2D eigenvalue weighted by atomic mass is 16.3. The topological polar surface area (TPSA) is 71.3 Å². The number of carbonyl (C=O) groups is 1. The first-order valence-electron chi connectivity index (χ1n) is 4.21. The lowest BCUT2D eigenvalue weighted by molar-refractivity contribution is 0.0942. The smallest absolute Gasteiger partial charge is 0.263 e. The molecule has 14 heavy (non-hydrogen) atoms. The average Bonchev–Trinajstić information content (AvgIpc) is 2.18. The molecule has 0 radical (unpaired) electrons. The van der Waals surface area contributed by atoms with Crippen LogP contribution in [0, 0.1) is 0 Å². The lowest BCUT2D eigenvalue weighted by atomic mass is 10.2. The number of pyridine rings is 1. The van der Waals surface area contributed by atoms with E-state index in [1.165, 1.54) is 10.6 Å². The molecule has 0 saturated carbocycles. The number of rotatable bonds is 3. The highest BCUT2D eigenvalue weighted by Crippen LogP contribution is 1.90. The molecule has 0 aliphatic carbocycles. The zero-order valence-electron chi connectivity index (χ0n) is 7.86. The average molecular weight is 196 g/mol. The molecule has 1 aromatic rings. The van der Waals surface area contributed by atoms with E-state index in [0.29, 0.717) is 0 Å². The van der Waals surface area contributed by atoms with Crippen LogP contribution in [-0.4, -0.2) is 28.7 Å². The molecule has 5 nitrogen and oxygen atoms in total. The van der Waals surface area contributed by atoms with E-state index in [4.69, 9.17) is 5.11 Å². The summed E-state index contributed by atoms with van der Waals surface area (Å²) < 4.78 is 1.33. The Bertz CT molecular complexity index is 384. The highest BCUT2D eigenvalue weighted by Gasteiger charge is 2.09. The van der Waals surface area contributed by atoms with Gasteiger partial charge in [0.2, 0.25) is 0 Å². The van der Waals surface area contributed by atoms with Crippen LogP contribution in [0.25, 0.3) is 0 Å². The molecule has 0 unspecified atom stereocenters. The summed E-state index contributed by atoms with van der Waals surface area (Å²) in [4.78, 5) is 22.8. The zero-order valence-corrected chi connectivity index (χ0v) is 7.86. The minimum atomic E-state index is -0.458. The normalized spacial score (nSPS) is 9.86. The molecule has 2 N–H and O–H groups in total. The Morgan fingerprint density at radius 2 is 2.36 bits per heavy atom. The predicted molar refractivity (Wildman–Crippen MR) is 51.1 cm³/mol. The minimum absolute atomic E-state index is 0.0865. The molecule has 0 fully saturated rings. The number of hydrogen-bond donors (Lipinski definition) is 2. The van der Waals surface area contributed by atoms with Gasteiger partial charge < -0.3 is 15.0 Å². The summed E-state index contributed by atoms with van der Waals surface area (Å²) in [6.07, 6.45) is 1.57. The highest BCUT2D eigenvalue weighted by molar-refractivity contribution is 5.93. The first-order chi connectivity index (χ1) is 6.66. The number of aryl methyl sites for hydroxylation is 1. The van der Waals surface area contributed by atoms with E-state index in [1.54, 1.807) is 19.3 Å². The van der Waals surface area contributed by atoms with Crippen LogP contribution in [0.15, 0.2) is 23.1 Å². The van der Waals surface area contributed by atoms with Crippen molar-refractivity contribution < 1.29 is 9.90 Å². The number of carbonyl (C=O) groups excluding carboxylic acids is 1. The van der Waals surface area contributed by atoms with E-state index in [1.807, 2.05) is 0 Å². The first kappa shape index (κ1) is 10.5.